The second kappa shape index (κ2) is 6.89. The number of rotatable bonds is 4. The first kappa shape index (κ1) is 16.7. The molecule has 3 aromatic heterocycles. The van der Waals surface area contributed by atoms with Gasteiger partial charge in [0.25, 0.3) is 0 Å². The van der Waals surface area contributed by atoms with Crippen LogP contribution in [-0.4, -0.2) is 22.3 Å². The highest BCUT2D eigenvalue weighted by Gasteiger charge is 2.32. The average molecular weight is 386 g/mol. The van der Waals surface area contributed by atoms with Gasteiger partial charge in [-0.05, 0) is 47.0 Å². The fraction of sp³-hybridized carbons (Fsp3) is 0.167. The highest BCUT2D eigenvalue weighted by atomic mass is 32.1. The number of hydrogen-bond donors (Lipinski definition) is 0. The van der Waals surface area contributed by atoms with Crippen molar-refractivity contribution in [2.24, 2.45) is 0 Å². The van der Waals surface area contributed by atoms with Gasteiger partial charge in [-0.2, -0.15) is 0 Å². The molecule has 0 fully saturated rings. The summed E-state index contributed by atoms with van der Waals surface area (Å²) < 4.78 is 5.07. The van der Waals surface area contributed by atoms with Crippen LogP contribution in [0.5, 0.6) is 0 Å². The van der Waals surface area contributed by atoms with E-state index in [0.29, 0.717) is 6.54 Å². The zero-order valence-corrected chi connectivity index (χ0v) is 15.2. The van der Waals surface area contributed by atoms with E-state index in [9.17, 15) is 14.9 Å². The van der Waals surface area contributed by atoms with E-state index in [1.165, 1.54) is 34.7 Å². The van der Waals surface area contributed by atoms with E-state index in [-0.39, 0.29) is 23.6 Å². The summed E-state index contributed by atoms with van der Waals surface area (Å²) >= 11 is 3.36. The summed E-state index contributed by atoms with van der Waals surface area (Å²) in [4.78, 5) is 27.2. The molecule has 0 aromatic carbocycles. The van der Waals surface area contributed by atoms with Crippen LogP contribution in [0.25, 0.3) is 6.08 Å². The summed E-state index contributed by atoms with van der Waals surface area (Å²) in [5.74, 6) is -0.195. The van der Waals surface area contributed by atoms with Crippen LogP contribution >= 0.6 is 22.7 Å². The SMILES string of the molecule is O=C(/C=C/c1ccc([N+](=O)[O-])o1)N1CCc2sccc2[C@H]1c1cccs1. The number of nitro groups is 1. The summed E-state index contributed by atoms with van der Waals surface area (Å²) in [6.07, 6.45) is 3.73. The Bertz CT molecular complexity index is 971. The van der Waals surface area contributed by atoms with Crippen molar-refractivity contribution in [2.75, 3.05) is 6.54 Å². The van der Waals surface area contributed by atoms with Crippen LogP contribution in [0.2, 0.25) is 0 Å². The molecule has 1 aliphatic rings. The second-order valence-corrected chi connectivity index (χ2v) is 7.75. The molecule has 0 radical (unpaired) electrons. The summed E-state index contributed by atoms with van der Waals surface area (Å²) in [5, 5.41) is 14.8. The summed E-state index contributed by atoms with van der Waals surface area (Å²) in [6.45, 7) is 0.636. The molecule has 132 valence electrons. The quantitative estimate of drug-likeness (QED) is 0.376. The van der Waals surface area contributed by atoms with Gasteiger partial charge in [0.05, 0.1) is 12.1 Å². The topological polar surface area (TPSA) is 76.6 Å². The van der Waals surface area contributed by atoms with E-state index in [4.69, 9.17) is 4.42 Å². The Morgan fingerprint density at radius 3 is 2.88 bits per heavy atom. The smallest absolute Gasteiger partial charge is 0.401 e. The molecule has 0 saturated carbocycles. The average Bonchev–Trinajstić information content (AvgIpc) is 3.39. The lowest BCUT2D eigenvalue weighted by atomic mass is 9.98. The molecule has 1 aliphatic heterocycles. The molecule has 6 nitrogen and oxygen atoms in total. The number of furan rings is 1. The van der Waals surface area contributed by atoms with Crippen molar-refractivity contribution < 1.29 is 14.1 Å². The number of carbonyl (C=O) groups excluding carboxylic acids is 1. The van der Waals surface area contributed by atoms with Crippen LogP contribution in [0, 0.1) is 10.1 Å². The predicted octanol–water partition coefficient (Wildman–Crippen LogP) is 4.50. The van der Waals surface area contributed by atoms with Crippen molar-refractivity contribution in [3.8, 4) is 0 Å². The van der Waals surface area contributed by atoms with Crippen LogP contribution in [0.1, 0.15) is 27.1 Å². The molecule has 0 saturated heterocycles. The van der Waals surface area contributed by atoms with E-state index in [1.807, 2.05) is 22.4 Å². The Hall–Kier alpha value is -2.71. The Balaban J connectivity index is 1.60. The lowest BCUT2D eigenvalue weighted by Gasteiger charge is -2.34. The third kappa shape index (κ3) is 3.09. The molecule has 3 aromatic rings. The van der Waals surface area contributed by atoms with Crippen LogP contribution in [0.3, 0.4) is 0 Å². The van der Waals surface area contributed by atoms with Crippen LogP contribution < -0.4 is 0 Å². The van der Waals surface area contributed by atoms with Gasteiger partial charge < -0.3 is 9.32 Å². The molecular weight excluding hydrogens is 372 g/mol. The third-order valence-corrected chi connectivity index (χ3v) is 6.17. The largest absolute Gasteiger partial charge is 0.433 e. The molecule has 0 spiro atoms. The van der Waals surface area contributed by atoms with Gasteiger partial charge in [-0.25, -0.2) is 0 Å². The Morgan fingerprint density at radius 1 is 1.27 bits per heavy atom. The van der Waals surface area contributed by atoms with Gasteiger partial charge in [-0.15, -0.1) is 22.7 Å². The molecule has 0 N–H and O–H groups in total. The minimum atomic E-state index is -0.602. The number of nitrogens with zero attached hydrogens (tertiary/aromatic N) is 2. The lowest BCUT2D eigenvalue weighted by molar-refractivity contribution is -0.402. The van der Waals surface area contributed by atoms with Crippen LogP contribution in [0.15, 0.2) is 51.6 Å². The first-order valence-electron chi connectivity index (χ1n) is 7.96. The number of thiophene rings is 2. The predicted molar refractivity (Wildman–Crippen MR) is 100 cm³/mol. The van der Waals surface area contributed by atoms with Crippen molar-refractivity contribution in [3.63, 3.8) is 0 Å². The minimum Gasteiger partial charge on any atom is -0.401 e. The van der Waals surface area contributed by atoms with E-state index in [2.05, 4.69) is 11.4 Å². The number of amides is 1. The van der Waals surface area contributed by atoms with E-state index in [0.717, 1.165) is 11.3 Å². The third-order valence-electron chi connectivity index (χ3n) is 4.24. The van der Waals surface area contributed by atoms with E-state index in [1.54, 1.807) is 22.7 Å². The van der Waals surface area contributed by atoms with Crippen molar-refractivity contribution in [1.29, 1.82) is 0 Å². The van der Waals surface area contributed by atoms with Crippen LogP contribution in [0.4, 0.5) is 5.88 Å². The highest BCUT2D eigenvalue weighted by molar-refractivity contribution is 7.10. The summed E-state index contributed by atoms with van der Waals surface area (Å²) in [5.41, 5.74) is 1.18. The van der Waals surface area contributed by atoms with E-state index < -0.39 is 4.92 Å². The van der Waals surface area contributed by atoms with Gasteiger partial charge in [0.15, 0.2) is 0 Å². The van der Waals surface area contributed by atoms with Gasteiger partial charge in [-0.3, -0.25) is 14.9 Å². The highest BCUT2D eigenvalue weighted by Crippen LogP contribution is 2.39. The van der Waals surface area contributed by atoms with Crippen molar-refractivity contribution >= 4 is 40.5 Å². The maximum atomic E-state index is 12.8. The fourth-order valence-electron chi connectivity index (χ4n) is 3.09. The Kier molecular flexibility index (Phi) is 4.44. The number of carbonyl (C=O) groups is 1. The lowest BCUT2D eigenvalue weighted by Crippen LogP contribution is -2.38. The van der Waals surface area contributed by atoms with Gasteiger partial charge in [0.2, 0.25) is 5.91 Å². The molecule has 26 heavy (non-hydrogen) atoms. The first-order valence-corrected chi connectivity index (χ1v) is 9.72. The monoisotopic (exact) mass is 386 g/mol. The maximum absolute atomic E-state index is 12.8. The number of fused-ring (bicyclic) bond motifs is 1. The molecular formula is C18H14N2O4S2. The molecule has 4 rings (SSSR count). The molecule has 4 heterocycles. The van der Waals surface area contributed by atoms with Crippen molar-refractivity contribution in [2.45, 2.75) is 12.5 Å². The van der Waals surface area contributed by atoms with Gasteiger partial charge in [0.1, 0.15) is 10.7 Å². The Labute approximate surface area is 157 Å². The Morgan fingerprint density at radius 2 is 2.15 bits per heavy atom. The van der Waals surface area contributed by atoms with Crippen molar-refractivity contribution in [1.82, 2.24) is 4.90 Å². The fourth-order valence-corrected chi connectivity index (χ4v) is 4.84. The molecule has 8 heteroatoms. The molecule has 0 unspecified atom stereocenters. The second-order valence-electron chi connectivity index (χ2n) is 5.77. The maximum Gasteiger partial charge on any atom is 0.433 e. The summed E-state index contributed by atoms with van der Waals surface area (Å²) in [7, 11) is 0. The normalized spacial score (nSPS) is 16.8. The summed E-state index contributed by atoms with van der Waals surface area (Å²) in [6, 6.07) is 8.78. The van der Waals surface area contributed by atoms with Gasteiger partial charge >= 0.3 is 5.88 Å². The van der Waals surface area contributed by atoms with Crippen molar-refractivity contribution in [3.05, 3.63) is 78.4 Å². The van der Waals surface area contributed by atoms with Crippen LogP contribution in [-0.2, 0) is 11.2 Å². The molecule has 1 amide bonds. The number of hydrogen-bond acceptors (Lipinski definition) is 6. The zero-order chi connectivity index (χ0) is 18.1. The molecule has 1 atom stereocenters. The first-order chi connectivity index (χ1) is 12.6. The standard InChI is InChI=1S/C18H14N2O4S2/c21-16(5-3-12-4-6-17(24-12)20(22)23)19-9-7-14-13(8-11-26-14)18(19)15-2-1-10-25-15/h1-6,8,10-11,18H,7,9H2/b5-3+/t18-/m0/s1. The molecule has 0 bridgehead atoms. The zero-order valence-electron chi connectivity index (χ0n) is 13.5. The van der Waals surface area contributed by atoms with E-state index >= 15 is 0 Å². The minimum absolute atomic E-state index is 0.0897. The van der Waals surface area contributed by atoms with Gasteiger partial charge in [0, 0.05) is 22.4 Å². The van der Waals surface area contributed by atoms with Gasteiger partial charge in [-0.1, -0.05) is 6.07 Å². The molecule has 0 aliphatic carbocycles.